The van der Waals surface area contributed by atoms with E-state index in [4.69, 9.17) is 11.1 Å². The third-order valence-electron chi connectivity index (χ3n) is 9.91. The molecule has 2 aromatic rings. The van der Waals surface area contributed by atoms with Crippen molar-refractivity contribution in [1.82, 2.24) is 4.90 Å². The molecule has 0 spiro atoms. The van der Waals surface area contributed by atoms with Crippen LogP contribution in [0.5, 0.6) is 5.75 Å². The Morgan fingerprint density at radius 2 is 1.82 bits per heavy atom. The summed E-state index contributed by atoms with van der Waals surface area (Å²) in [5.41, 5.74) is 0.124. The van der Waals surface area contributed by atoms with E-state index < -0.39 is 105 Å². The Morgan fingerprint density at radius 1 is 1.16 bits per heavy atom. The number of aromatic hydroxyl groups is 1. The molecule has 4 aliphatic rings. The van der Waals surface area contributed by atoms with E-state index in [1.54, 1.807) is 35.2 Å². The number of anilines is 1. The number of carbonyl (C=O) groups excluding carboxylic acids is 4. The number of alkyl halides is 3. The van der Waals surface area contributed by atoms with Crippen LogP contribution < -0.4 is 10.6 Å². The fourth-order valence-electron chi connectivity index (χ4n) is 8.00. The summed E-state index contributed by atoms with van der Waals surface area (Å²) in [5, 5.41) is 31.4. The normalized spacial score (nSPS) is 31.8. The second-order valence-corrected chi connectivity index (χ2v) is 12.4. The molecule has 2 saturated carbocycles. The van der Waals surface area contributed by atoms with Crippen molar-refractivity contribution >= 4 is 34.7 Å². The first kappa shape index (κ1) is 29.9. The minimum atomic E-state index is -4.92. The van der Waals surface area contributed by atoms with Gasteiger partial charge in [0.2, 0.25) is 5.91 Å². The van der Waals surface area contributed by atoms with Gasteiger partial charge in [-0.2, -0.15) is 13.2 Å². The summed E-state index contributed by atoms with van der Waals surface area (Å²) in [6, 6.07) is 7.80. The van der Waals surface area contributed by atoms with Crippen molar-refractivity contribution in [2.24, 2.45) is 29.4 Å². The van der Waals surface area contributed by atoms with Gasteiger partial charge in [0.25, 0.3) is 0 Å². The molecule has 0 radical (unpaired) electrons. The monoisotopic (exact) mass is 612 g/mol. The topological polar surface area (TPSA) is 165 Å². The number of para-hydroxylation sites is 1. The first-order valence-electron chi connectivity index (χ1n) is 14.3. The van der Waals surface area contributed by atoms with E-state index in [-0.39, 0.29) is 12.0 Å². The highest BCUT2D eigenvalue weighted by Gasteiger charge is 2.68. The second kappa shape index (κ2) is 9.96. The zero-order chi connectivity index (χ0) is 32.0. The number of primary amides is 1. The number of carbonyl (C=O) groups is 4. The molecule has 1 aliphatic heterocycles. The predicted molar refractivity (Wildman–Crippen MR) is 150 cm³/mol. The summed E-state index contributed by atoms with van der Waals surface area (Å²) in [7, 11) is 2.94. The molecule has 3 aliphatic carbocycles. The number of halogens is 3. The number of nitrogens with one attached hydrogen (secondary N) is 1. The lowest BCUT2D eigenvalue weighted by Gasteiger charge is -2.54. The highest BCUT2D eigenvalue weighted by atomic mass is 19.4. The van der Waals surface area contributed by atoms with E-state index in [9.17, 15) is 42.6 Å². The zero-order valence-electron chi connectivity index (χ0n) is 23.9. The number of aliphatic hydroxyl groups is 1. The van der Waals surface area contributed by atoms with Crippen molar-refractivity contribution in [2.45, 2.75) is 43.1 Å². The largest absolute Gasteiger partial charge is 0.507 e. The summed E-state index contributed by atoms with van der Waals surface area (Å²) in [4.78, 5) is 56.6. The van der Waals surface area contributed by atoms with E-state index in [0.29, 0.717) is 18.7 Å². The molecule has 13 heteroatoms. The minimum Gasteiger partial charge on any atom is -0.507 e. The van der Waals surface area contributed by atoms with E-state index in [0.717, 1.165) is 6.07 Å². The molecule has 1 saturated heterocycles. The summed E-state index contributed by atoms with van der Waals surface area (Å²) in [6.07, 6.45) is -5.23. The highest BCUT2D eigenvalue weighted by Crippen LogP contribution is 2.54. The Labute approximate surface area is 250 Å². The van der Waals surface area contributed by atoms with Crippen LogP contribution in [0.4, 0.5) is 18.9 Å². The van der Waals surface area contributed by atoms with Crippen LogP contribution >= 0.6 is 0 Å². The number of nitrogens with zero attached hydrogens (tertiary/aromatic N) is 2. The number of nitrogens with two attached hydrogens (primary N) is 1. The van der Waals surface area contributed by atoms with E-state index >= 15 is 0 Å². The molecule has 5 N–H and O–H groups in total. The zero-order valence-corrected chi connectivity index (χ0v) is 23.9. The van der Waals surface area contributed by atoms with Crippen LogP contribution in [0.25, 0.3) is 0 Å². The minimum absolute atomic E-state index is 0.182. The third-order valence-corrected chi connectivity index (χ3v) is 9.91. The Kier molecular flexibility index (Phi) is 6.78. The van der Waals surface area contributed by atoms with Gasteiger partial charge in [-0.15, -0.1) is 0 Å². The number of fused-ring (bicyclic) bond motifs is 3. The van der Waals surface area contributed by atoms with Gasteiger partial charge in [0.1, 0.15) is 11.7 Å². The van der Waals surface area contributed by atoms with Crippen LogP contribution in [-0.2, 0) is 27.0 Å². The summed E-state index contributed by atoms with van der Waals surface area (Å²) in [5.74, 6) is -11.0. The maximum absolute atomic E-state index is 14.9. The standard InChI is InChI=1S/C31H31F3N4O6/c1-37(2)24-17-11-13-10-16-21(25(40)20(13)28(42)30(17,44)27(35)22(26(24)41)29(36)43)19(39)12-15(23(16)31(32,33)34)18-8-9-38(18)14-6-4-3-5-7-14/h3-7,12-13,17-18,20,22,24,35,39,44H,8-11H2,1-2H3,(H2,36,43). The van der Waals surface area contributed by atoms with E-state index in [2.05, 4.69) is 0 Å². The fraction of sp³-hybridized carbons (Fsp3) is 0.452. The van der Waals surface area contributed by atoms with Gasteiger partial charge in [-0.1, -0.05) is 18.2 Å². The number of phenolic OH excluding ortho intramolecular Hbond substituents is 1. The van der Waals surface area contributed by atoms with Gasteiger partial charge >= 0.3 is 6.18 Å². The number of Topliss-reactive ketones (excluding diaryl/α,β-unsaturated/α-hetero) is 3. The van der Waals surface area contributed by atoms with Crippen molar-refractivity contribution < 1.29 is 42.6 Å². The molecule has 1 heterocycles. The number of phenols is 1. The first-order valence-corrected chi connectivity index (χ1v) is 14.3. The Balaban J connectivity index is 1.49. The summed E-state index contributed by atoms with van der Waals surface area (Å²) in [6.45, 7) is 0.487. The number of likely N-dealkylation sites (N-methyl/N-ethyl adjacent to an activating group) is 1. The van der Waals surface area contributed by atoms with Gasteiger partial charge in [0.05, 0.1) is 34.8 Å². The Hall–Kier alpha value is -4.10. The van der Waals surface area contributed by atoms with Crippen molar-refractivity contribution in [3.8, 4) is 5.75 Å². The van der Waals surface area contributed by atoms with Crippen LogP contribution in [0.1, 0.15) is 45.9 Å². The highest BCUT2D eigenvalue weighted by molar-refractivity contribution is 6.33. The quantitative estimate of drug-likeness (QED) is 0.382. The lowest BCUT2D eigenvalue weighted by molar-refractivity contribution is -0.157. The average Bonchev–Trinajstić information content (AvgIpc) is 2.89. The second-order valence-electron chi connectivity index (χ2n) is 12.4. The number of rotatable bonds is 4. The molecule has 1 amide bonds. The molecular formula is C31H31F3N4O6. The van der Waals surface area contributed by atoms with Gasteiger partial charge < -0.3 is 26.3 Å². The predicted octanol–water partition coefficient (Wildman–Crippen LogP) is 2.29. The van der Waals surface area contributed by atoms with Crippen molar-refractivity contribution in [1.29, 1.82) is 5.41 Å². The van der Waals surface area contributed by atoms with Crippen LogP contribution in [-0.4, -0.2) is 76.4 Å². The van der Waals surface area contributed by atoms with E-state index in [1.807, 2.05) is 0 Å². The summed E-state index contributed by atoms with van der Waals surface area (Å²) >= 11 is 0. The Bertz CT molecular complexity index is 1630. The molecule has 2 aromatic carbocycles. The first-order chi connectivity index (χ1) is 20.6. The number of hydrogen-bond acceptors (Lipinski definition) is 9. The lowest BCUT2D eigenvalue weighted by atomic mass is 9.52. The number of benzene rings is 2. The molecule has 3 fully saturated rings. The molecule has 6 rings (SSSR count). The van der Waals surface area contributed by atoms with Crippen molar-refractivity contribution in [2.75, 3.05) is 25.5 Å². The van der Waals surface area contributed by atoms with Gasteiger partial charge in [-0.3, -0.25) is 24.1 Å². The number of hydrogen-bond donors (Lipinski definition) is 4. The molecule has 232 valence electrons. The summed E-state index contributed by atoms with van der Waals surface area (Å²) < 4.78 is 44.8. The van der Waals surface area contributed by atoms with Crippen molar-refractivity contribution in [3.05, 3.63) is 58.7 Å². The van der Waals surface area contributed by atoms with E-state index in [1.165, 1.54) is 19.0 Å². The van der Waals surface area contributed by atoms with Gasteiger partial charge in [-0.05, 0) is 68.6 Å². The SMILES string of the molecule is CN(C)C1C(=O)C(C(N)=O)C(=N)C2(O)C(=O)C3C(=O)c4c(O)cc(C5CCN5c5ccccc5)c(C(F)(F)F)c4CC3CC12. The fourth-order valence-corrected chi connectivity index (χ4v) is 8.00. The third kappa shape index (κ3) is 4.05. The molecular weight excluding hydrogens is 581 g/mol. The van der Waals surface area contributed by atoms with Gasteiger partial charge in [-0.25, -0.2) is 0 Å². The smallest absolute Gasteiger partial charge is 0.417 e. The number of ketones is 3. The van der Waals surface area contributed by atoms with Gasteiger partial charge in [0, 0.05) is 18.2 Å². The molecule has 44 heavy (non-hydrogen) atoms. The van der Waals surface area contributed by atoms with Crippen LogP contribution in [0.2, 0.25) is 0 Å². The van der Waals surface area contributed by atoms with Crippen molar-refractivity contribution in [3.63, 3.8) is 0 Å². The van der Waals surface area contributed by atoms with Gasteiger partial charge in [0.15, 0.2) is 23.0 Å². The lowest BCUT2D eigenvalue weighted by Crippen LogP contribution is -2.73. The average molecular weight is 613 g/mol. The molecule has 7 atom stereocenters. The molecule has 0 aromatic heterocycles. The van der Waals surface area contributed by atoms with Crippen LogP contribution in [0, 0.1) is 29.1 Å². The molecule has 0 bridgehead atoms. The Morgan fingerprint density at radius 3 is 2.36 bits per heavy atom. The maximum Gasteiger partial charge on any atom is 0.417 e. The number of amides is 1. The maximum atomic E-state index is 14.9. The molecule has 7 unspecified atom stereocenters. The molecule has 10 nitrogen and oxygen atoms in total. The van der Waals surface area contributed by atoms with Crippen LogP contribution in [0.15, 0.2) is 36.4 Å². The van der Waals surface area contributed by atoms with Crippen LogP contribution in [0.3, 0.4) is 0 Å².